The zero-order chi connectivity index (χ0) is 14.0. The van der Waals surface area contributed by atoms with Crippen molar-refractivity contribution in [3.05, 3.63) is 28.8 Å². The summed E-state index contributed by atoms with van der Waals surface area (Å²) in [5, 5.41) is 0.201. The first-order valence-corrected chi connectivity index (χ1v) is 7.86. The molecule has 0 spiro atoms. The van der Waals surface area contributed by atoms with Crippen molar-refractivity contribution >= 4 is 21.6 Å². The Hall–Kier alpha value is -0.660. The molecule has 0 amide bonds. The third-order valence-electron chi connectivity index (χ3n) is 3.27. The number of hydrogen-bond acceptors (Lipinski definition) is 4. The number of nitrogens with two attached hydrogens (primary N) is 1. The van der Waals surface area contributed by atoms with Gasteiger partial charge < -0.3 is 10.5 Å². The van der Waals surface area contributed by atoms with Crippen LogP contribution in [0.1, 0.15) is 18.4 Å². The Bertz CT molecular complexity index is 556. The second-order valence-corrected chi connectivity index (χ2v) is 6.71. The van der Waals surface area contributed by atoms with E-state index in [1.54, 1.807) is 19.2 Å². The summed E-state index contributed by atoms with van der Waals surface area (Å²) in [7, 11) is -1.99. The minimum Gasteiger partial charge on any atom is -0.381 e. The number of sulfonamides is 1. The van der Waals surface area contributed by atoms with Crippen LogP contribution in [0, 0.1) is 0 Å². The fourth-order valence-corrected chi connectivity index (χ4v) is 3.83. The Labute approximate surface area is 118 Å². The van der Waals surface area contributed by atoms with Crippen LogP contribution >= 0.6 is 11.6 Å². The summed E-state index contributed by atoms with van der Waals surface area (Å²) in [5.41, 5.74) is 6.24. The Morgan fingerprint density at radius 1 is 1.47 bits per heavy atom. The average molecular weight is 305 g/mol. The maximum absolute atomic E-state index is 12.2. The summed E-state index contributed by atoms with van der Waals surface area (Å²) >= 11 is 5.95. The zero-order valence-electron chi connectivity index (χ0n) is 10.6. The van der Waals surface area contributed by atoms with Gasteiger partial charge in [0, 0.05) is 19.7 Å². The average Bonchev–Trinajstić information content (AvgIpc) is 2.33. The first kappa shape index (κ1) is 14.7. The first-order chi connectivity index (χ1) is 8.96. The summed E-state index contributed by atoms with van der Waals surface area (Å²) in [6.07, 6.45) is 1.51. The molecule has 1 aliphatic carbocycles. The fourth-order valence-electron chi connectivity index (χ4n) is 2.02. The molecule has 19 heavy (non-hydrogen) atoms. The summed E-state index contributed by atoms with van der Waals surface area (Å²) in [4.78, 5) is 0.0815. The van der Waals surface area contributed by atoms with Crippen molar-refractivity contribution in [3.8, 4) is 0 Å². The fraction of sp³-hybridized carbons (Fsp3) is 0.500. The highest BCUT2D eigenvalue weighted by Crippen LogP contribution is 2.27. The Morgan fingerprint density at radius 2 is 2.16 bits per heavy atom. The number of methoxy groups -OCH3 is 1. The number of ether oxygens (including phenoxy) is 1. The summed E-state index contributed by atoms with van der Waals surface area (Å²) in [6.45, 7) is 0.273. The van der Waals surface area contributed by atoms with Crippen LogP contribution in [0.2, 0.25) is 5.02 Å². The molecule has 2 rings (SSSR count). The lowest BCUT2D eigenvalue weighted by molar-refractivity contribution is 0.0236. The molecule has 0 radical (unpaired) electrons. The topological polar surface area (TPSA) is 81.4 Å². The van der Waals surface area contributed by atoms with Crippen LogP contribution in [0.15, 0.2) is 23.1 Å². The molecule has 3 N–H and O–H groups in total. The van der Waals surface area contributed by atoms with E-state index in [1.165, 1.54) is 6.07 Å². The molecule has 7 heteroatoms. The molecule has 0 heterocycles. The summed E-state index contributed by atoms with van der Waals surface area (Å²) in [6, 6.07) is 4.69. The van der Waals surface area contributed by atoms with E-state index in [2.05, 4.69) is 4.72 Å². The number of benzene rings is 1. The van der Waals surface area contributed by atoms with E-state index in [0.717, 1.165) is 5.56 Å². The van der Waals surface area contributed by atoms with Gasteiger partial charge in [0.1, 0.15) is 4.90 Å². The second-order valence-electron chi connectivity index (χ2n) is 4.62. The van der Waals surface area contributed by atoms with Crippen LogP contribution in [0.5, 0.6) is 0 Å². The van der Waals surface area contributed by atoms with Gasteiger partial charge in [0.25, 0.3) is 0 Å². The highest BCUT2D eigenvalue weighted by molar-refractivity contribution is 7.89. The van der Waals surface area contributed by atoms with E-state index in [0.29, 0.717) is 12.8 Å². The van der Waals surface area contributed by atoms with Crippen molar-refractivity contribution in [1.82, 2.24) is 4.72 Å². The zero-order valence-corrected chi connectivity index (χ0v) is 12.2. The third kappa shape index (κ3) is 3.27. The van der Waals surface area contributed by atoms with Crippen LogP contribution < -0.4 is 10.5 Å². The van der Waals surface area contributed by atoms with E-state index in [1.807, 2.05) is 0 Å². The molecule has 0 atom stereocenters. The van der Waals surface area contributed by atoms with E-state index in [4.69, 9.17) is 22.1 Å². The molecule has 0 aliphatic heterocycles. The van der Waals surface area contributed by atoms with Gasteiger partial charge in [-0.25, -0.2) is 13.1 Å². The number of halogens is 1. The van der Waals surface area contributed by atoms with Crippen LogP contribution in [0.25, 0.3) is 0 Å². The largest absolute Gasteiger partial charge is 0.381 e. The molecule has 1 aromatic carbocycles. The van der Waals surface area contributed by atoms with E-state index >= 15 is 0 Å². The molecule has 0 bridgehead atoms. The van der Waals surface area contributed by atoms with Gasteiger partial charge in [-0.05, 0) is 30.5 Å². The van der Waals surface area contributed by atoms with E-state index < -0.39 is 10.0 Å². The highest BCUT2D eigenvalue weighted by Gasteiger charge is 2.33. The molecule has 1 fully saturated rings. The van der Waals surface area contributed by atoms with Crippen molar-refractivity contribution in [2.75, 3.05) is 7.11 Å². The maximum Gasteiger partial charge on any atom is 0.242 e. The van der Waals surface area contributed by atoms with Gasteiger partial charge in [0.2, 0.25) is 10.0 Å². The highest BCUT2D eigenvalue weighted by atomic mass is 35.5. The maximum atomic E-state index is 12.2. The van der Waals surface area contributed by atoms with Gasteiger partial charge in [-0.2, -0.15) is 0 Å². The predicted octanol–water partition coefficient (Wildman–Crippen LogP) is 1.25. The predicted molar refractivity (Wildman–Crippen MR) is 73.5 cm³/mol. The lowest BCUT2D eigenvalue weighted by Crippen LogP contribution is -2.47. The molecule has 0 saturated heterocycles. The third-order valence-corrected chi connectivity index (χ3v) is 5.27. The monoisotopic (exact) mass is 304 g/mol. The minimum atomic E-state index is -3.61. The van der Waals surface area contributed by atoms with Crippen LogP contribution in [-0.2, 0) is 21.3 Å². The quantitative estimate of drug-likeness (QED) is 0.858. The van der Waals surface area contributed by atoms with Crippen molar-refractivity contribution < 1.29 is 13.2 Å². The molecule has 1 aliphatic rings. The molecular weight excluding hydrogens is 288 g/mol. The van der Waals surface area contributed by atoms with Crippen molar-refractivity contribution in [1.29, 1.82) is 0 Å². The van der Waals surface area contributed by atoms with Crippen LogP contribution in [0.3, 0.4) is 0 Å². The molecule has 5 nitrogen and oxygen atoms in total. The van der Waals surface area contributed by atoms with Gasteiger partial charge in [-0.3, -0.25) is 0 Å². The standard InChI is InChI=1S/C12H17ClN2O3S/c1-18-10-5-9(6-10)15-19(16,17)12-4-8(7-14)2-3-11(12)13/h2-4,9-10,15H,5-7,14H2,1H3. The summed E-state index contributed by atoms with van der Waals surface area (Å²) < 4.78 is 32.2. The molecule has 1 aromatic rings. The van der Waals surface area contributed by atoms with Gasteiger partial charge in [-0.1, -0.05) is 17.7 Å². The van der Waals surface area contributed by atoms with Gasteiger partial charge in [0.05, 0.1) is 11.1 Å². The Morgan fingerprint density at radius 3 is 2.74 bits per heavy atom. The second kappa shape index (κ2) is 5.76. The lowest BCUT2D eigenvalue weighted by atomic mass is 9.90. The Balaban J connectivity index is 2.15. The van der Waals surface area contributed by atoms with E-state index in [9.17, 15) is 8.42 Å². The number of hydrogen-bond donors (Lipinski definition) is 2. The number of nitrogens with one attached hydrogen (secondary N) is 1. The smallest absolute Gasteiger partial charge is 0.242 e. The molecule has 0 unspecified atom stereocenters. The Kier molecular flexibility index (Phi) is 4.47. The lowest BCUT2D eigenvalue weighted by Gasteiger charge is -2.34. The minimum absolute atomic E-state index is 0.0815. The van der Waals surface area contributed by atoms with E-state index in [-0.39, 0.29) is 28.6 Å². The van der Waals surface area contributed by atoms with Gasteiger partial charge in [0.15, 0.2) is 0 Å². The van der Waals surface area contributed by atoms with Crippen molar-refractivity contribution in [3.63, 3.8) is 0 Å². The summed E-state index contributed by atoms with van der Waals surface area (Å²) in [5.74, 6) is 0. The first-order valence-electron chi connectivity index (χ1n) is 6.00. The SMILES string of the molecule is COC1CC(NS(=O)(=O)c2cc(CN)ccc2Cl)C1. The molecule has 1 saturated carbocycles. The van der Waals surface area contributed by atoms with Crippen LogP contribution in [0.4, 0.5) is 0 Å². The van der Waals surface area contributed by atoms with Crippen molar-refractivity contribution in [2.45, 2.75) is 36.4 Å². The molecule has 106 valence electrons. The molecule has 0 aromatic heterocycles. The normalized spacial score (nSPS) is 23.1. The number of rotatable bonds is 5. The van der Waals surface area contributed by atoms with Gasteiger partial charge >= 0.3 is 0 Å². The van der Waals surface area contributed by atoms with Crippen LogP contribution in [-0.4, -0.2) is 27.7 Å². The van der Waals surface area contributed by atoms with Gasteiger partial charge in [-0.15, -0.1) is 0 Å². The molecular formula is C12H17ClN2O3S. The van der Waals surface area contributed by atoms with Crippen molar-refractivity contribution in [2.24, 2.45) is 5.73 Å².